The highest BCUT2D eigenvalue weighted by Crippen LogP contribution is 2.35. The summed E-state index contributed by atoms with van der Waals surface area (Å²) < 4.78 is 5.12. The van der Waals surface area contributed by atoms with E-state index in [4.69, 9.17) is 14.6 Å². The van der Waals surface area contributed by atoms with Gasteiger partial charge in [0.25, 0.3) is 6.47 Å². The maximum absolute atomic E-state index is 12.1. The van der Waals surface area contributed by atoms with E-state index in [-0.39, 0.29) is 18.9 Å². The second-order valence-corrected chi connectivity index (χ2v) is 8.80. The number of hydrogen-bond acceptors (Lipinski definition) is 4. The molecule has 2 unspecified atom stereocenters. The predicted octanol–water partition coefficient (Wildman–Crippen LogP) is 4.55. The molecule has 1 saturated carbocycles. The van der Waals surface area contributed by atoms with Crippen LogP contribution in [0.25, 0.3) is 0 Å². The number of rotatable bonds is 2. The molecule has 0 spiro atoms. The Morgan fingerprint density at radius 2 is 1.48 bits per heavy atom. The van der Waals surface area contributed by atoms with Crippen molar-refractivity contribution in [3.05, 3.63) is 0 Å². The number of alkyl carbamates (subject to hydrolysis) is 1. The fourth-order valence-electron chi connectivity index (χ4n) is 3.18. The van der Waals surface area contributed by atoms with Gasteiger partial charge in [0, 0.05) is 13.1 Å². The van der Waals surface area contributed by atoms with Crippen LogP contribution < -0.4 is 5.32 Å². The first-order valence-electron chi connectivity index (χ1n) is 10.8. The molecule has 2 atom stereocenters. The molecule has 29 heavy (non-hydrogen) atoms. The molecule has 0 radical (unpaired) electrons. The Hall–Kier alpha value is -1.79. The molecule has 1 aliphatic carbocycles. The smallest absolute Gasteiger partial charge is 0.408 e. The van der Waals surface area contributed by atoms with Gasteiger partial charge >= 0.3 is 6.09 Å². The minimum absolute atomic E-state index is 0.00487. The van der Waals surface area contributed by atoms with Gasteiger partial charge in [-0.25, -0.2) is 4.79 Å². The highest BCUT2D eigenvalue weighted by molar-refractivity contribution is 5.82. The summed E-state index contributed by atoms with van der Waals surface area (Å²) in [5.74, 6) is 2.19. The van der Waals surface area contributed by atoms with E-state index in [0.717, 1.165) is 19.0 Å². The van der Waals surface area contributed by atoms with Gasteiger partial charge in [-0.3, -0.25) is 9.59 Å². The van der Waals surface area contributed by atoms with Gasteiger partial charge in [0.15, 0.2) is 0 Å². The minimum atomic E-state index is -0.532. The third kappa shape index (κ3) is 15.8. The lowest BCUT2D eigenvalue weighted by Crippen LogP contribution is -2.41. The zero-order valence-corrected chi connectivity index (χ0v) is 19.8. The van der Waals surface area contributed by atoms with Crippen molar-refractivity contribution in [2.45, 2.75) is 86.7 Å². The minimum Gasteiger partial charge on any atom is -0.483 e. The van der Waals surface area contributed by atoms with Crippen molar-refractivity contribution < 1.29 is 24.2 Å². The quantitative estimate of drug-likeness (QED) is 0.644. The van der Waals surface area contributed by atoms with Crippen LogP contribution >= 0.6 is 0 Å². The van der Waals surface area contributed by atoms with Crippen LogP contribution in [0.3, 0.4) is 0 Å². The van der Waals surface area contributed by atoms with E-state index < -0.39 is 11.7 Å². The molecular weight excluding hydrogens is 372 g/mol. The van der Waals surface area contributed by atoms with Crippen molar-refractivity contribution in [3.8, 4) is 0 Å². The molecule has 172 valence electrons. The van der Waals surface area contributed by atoms with E-state index in [0.29, 0.717) is 11.8 Å². The molecule has 0 bridgehead atoms. The fraction of sp³-hybridized carbons (Fsp3) is 0.864. The summed E-state index contributed by atoms with van der Waals surface area (Å²) in [6, 6.07) is 0. The summed E-state index contributed by atoms with van der Waals surface area (Å²) in [7, 11) is 0. The number of fused-ring (bicyclic) bond motifs is 1. The number of carbonyl (C=O) groups excluding carboxylic acids is 2. The van der Waals surface area contributed by atoms with Crippen LogP contribution in [0.2, 0.25) is 0 Å². The highest BCUT2D eigenvalue weighted by atomic mass is 16.6. The third-order valence-corrected chi connectivity index (χ3v) is 4.11. The average Bonchev–Trinajstić information content (AvgIpc) is 3.04. The number of likely N-dealkylation sites (tertiary alicyclic amines) is 1. The van der Waals surface area contributed by atoms with Crippen LogP contribution in [0.15, 0.2) is 0 Å². The number of ether oxygens (including phenoxy) is 1. The van der Waals surface area contributed by atoms with Gasteiger partial charge in [-0.15, -0.1) is 0 Å². The van der Waals surface area contributed by atoms with Crippen molar-refractivity contribution in [2.75, 3.05) is 19.6 Å². The molecule has 2 fully saturated rings. The van der Waals surface area contributed by atoms with Crippen LogP contribution in [0.5, 0.6) is 0 Å². The SMILES string of the molecule is CC.CC(C)(C)OC(=O)NCC(=O)N1CC2CCCCC2C1.CC(C)C.O=CO. The zero-order chi connectivity index (χ0) is 23.0. The summed E-state index contributed by atoms with van der Waals surface area (Å²) in [6.07, 6.45) is 4.54. The number of nitrogens with one attached hydrogen (secondary N) is 1. The molecule has 7 heteroatoms. The third-order valence-electron chi connectivity index (χ3n) is 4.11. The van der Waals surface area contributed by atoms with E-state index in [1.165, 1.54) is 25.7 Å². The molecule has 2 aliphatic rings. The predicted molar refractivity (Wildman–Crippen MR) is 117 cm³/mol. The molecule has 0 aromatic rings. The van der Waals surface area contributed by atoms with Crippen LogP contribution in [0, 0.1) is 17.8 Å². The maximum Gasteiger partial charge on any atom is 0.408 e. The van der Waals surface area contributed by atoms with Gasteiger partial charge in [-0.05, 0) is 51.4 Å². The van der Waals surface area contributed by atoms with Crippen LogP contribution in [-0.4, -0.2) is 53.7 Å². The van der Waals surface area contributed by atoms with Crippen molar-refractivity contribution in [2.24, 2.45) is 17.8 Å². The Kier molecular flexibility index (Phi) is 16.3. The number of carbonyl (C=O) groups is 3. The maximum atomic E-state index is 12.1. The van der Waals surface area contributed by atoms with Gasteiger partial charge < -0.3 is 20.1 Å². The summed E-state index contributed by atoms with van der Waals surface area (Å²) >= 11 is 0. The first-order chi connectivity index (χ1) is 13.5. The summed E-state index contributed by atoms with van der Waals surface area (Å²) in [5.41, 5.74) is -0.532. The molecular formula is C22H44N2O5. The van der Waals surface area contributed by atoms with E-state index in [1.54, 1.807) is 20.8 Å². The Morgan fingerprint density at radius 1 is 1.10 bits per heavy atom. The lowest BCUT2D eigenvalue weighted by Gasteiger charge is -2.22. The molecule has 7 nitrogen and oxygen atoms in total. The lowest BCUT2D eigenvalue weighted by molar-refractivity contribution is -0.129. The highest BCUT2D eigenvalue weighted by Gasteiger charge is 2.36. The zero-order valence-electron chi connectivity index (χ0n) is 19.8. The van der Waals surface area contributed by atoms with Crippen molar-refractivity contribution >= 4 is 18.5 Å². The Labute approximate surface area is 177 Å². The summed E-state index contributed by atoms with van der Waals surface area (Å²) in [5, 5.41) is 9.43. The molecule has 2 rings (SSSR count). The van der Waals surface area contributed by atoms with Crippen molar-refractivity contribution in [1.82, 2.24) is 10.2 Å². The van der Waals surface area contributed by atoms with E-state index in [2.05, 4.69) is 26.1 Å². The molecule has 2 N–H and O–H groups in total. The largest absolute Gasteiger partial charge is 0.483 e. The summed E-state index contributed by atoms with van der Waals surface area (Å²) in [4.78, 5) is 33.9. The van der Waals surface area contributed by atoms with Gasteiger partial charge in [0.05, 0.1) is 0 Å². The van der Waals surface area contributed by atoms with Crippen LogP contribution in [0.4, 0.5) is 4.79 Å². The second kappa shape index (κ2) is 16.1. The van der Waals surface area contributed by atoms with Gasteiger partial charge in [0.1, 0.15) is 12.1 Å². The first-order valence-corrected chi connectivity index (χ1v) is 10.8. The molecule has 0 aromatic carbocycles. The Balaban J connectivity index is 0. The first kappa shape index (κ1) is 29.4. The van der Waals surface area contributed by atoms with Crippen LogP contribution in [-0.2, 0) is 14.3 Å². The molecule has 1 heterocycles. The number of carboxylic acid groups (broad SMARTS) is 1. The monoisotopic (exact) mass is 416 g/mol. The molecule has 0 aromatic heterocycles. The topological polar surface area (TPSA) is 95.9 Å². The fourth-order valence-corrected chi connectivity index (χ4v) is 3.18. The number of nitrogens with zero attached hydrogens (tertiary/aromatic N) is 1. The lowest BCUT2D eigenvalue weighted by atomic mass is 9.82. The van der Waals surface area contributed by atoms with Crippen LogP contribution in [0.1, 0.15) is 81.1 Å². The second-order valence-electron chi connectivity index (χ2n) is 8.80. The Bertz CT molecular complexity index is 444. The number of amides is 2. The van der Waals surface area contributed by atoms with E-state index in [1.807, 2.05) is 18.7 Å². The van der Waals surface area contributed by atoms with E-state index in [9.17, 15) is 9.59 Å². The standard InChI is InChI=1S/C15H26N2O3.C4H10.C2H6.CH2O2/c1-15(2,3)20-14(19)16-8-13(18)17-9-11-6-4-5-7-12(11)10-17;1-4(2)3;1-2;2-1-3/h11-12H,4-10H2,1-3H3,(H,16,19);4H,1-3H3;1-2H3;1H,(H,2,3). The molecule has 1 aliphatic heterocycles. The summed E-state index contributed by atoms with van der Waals surface area (Å²) in [6.45, 7) is 17.4. The van der Waals surface area contributed by atoms with Gasteiger partial charge in [0.2, 0.25) is 5.91 Å². The molecule has 1 saturated heterocycles. The average molecular weight is 417 g/mol. The molecule has 2 amide bonds. The van der Waals surface area contributed by atoms with Crippen molar-refractivity contribution in [1.29, 1.82) is 0 Å². The van der Waals surface area contributed by atoms with E-state index >= 15 is 0 Å². The van der Waals surface area contributed by atoms with Gasteiger partial charge in [-0.1, -0.05) is 47.5 Å². The Morgan fingerprint density at radius 3 is 1.83 bits per heavy atom. The normalized spacial score (nSPS) is 19.8. The van der Waals surface area contributed by atoms with Crippen molar-refractivity contribution in [3.63, 3.8) is 0 Å². The number of hydrogen-bond donors (Lipinski definition) is 2. The van der Waals surface area contributed by atoms with Gasteiger partial charge in [-0.2, -0.15) is 0 Å².